The summed E-state index contributed by atoms with van der Waals surface area (Å²) in [6.45, 7) is 1.71. The van der Waals surface area contributed by atoms with Crippen molar-refractivity contribution in [2.24, 2.45) is 0 Å². The zero-order valence-electron chi connectivity index (χ0n) is 11.8. The normalized spacial score (nSPS) is 9.74. The van der Waals surface area contributed by atoms with Crippen LogP contribution in [0.15, 0.2) is 45.3 Å². The molecule has 0 amide bonds. The standard InChI is InChI=1S/C7H5Br2NO2.C7H6BrNO2/c8-4-5-2-1-3-6(9)7(5)10(11)12;1-5-3-2-4-6(8)7(5)9(10)11/h1-3H,4H2;2-4H,1H3. The van der Waals surface area contributed by atoms with Gasteiger partial charge in [-0.3, -0.25) is 20.2 Å². The van der Waals surface area contributed by atoms with Crippen LogP contribution < -0.4 is 0 Å². The number of alkyl halides is 1. The molecule has 122 valence electrons. The molecule has 0 aliphatic carbocycles. The number of hydrogen-bond acceptors (Lipinski definition) is 4. The van der Waals surface area contributed by atoms with E-state index in [-0.39, 0.29) is 21.2 Å². The lowest BCUT2D eigenvalue weighted by Gasteiger charge is -1.99. The molecule has 0 fully saturated rings. The fourth-order valence-corrected chi connectivity index (χ4v) is 3.34. The van der Waals surface area contributed by atoms with E-state index in [2.05, 4.69) is 47.8 Å². The minimum atomic E-state index is -0.389. The highest BCUT2D eigenvalue weighted by atomic mass is 79.9. The number of hydrogen-bond donors (Lipinski definition) is 0. The molecular formula is C14H11Br3N2O4. The summed E-state index contributed by atoms with van der Waals surface area (Å²) in [5, 5.41) is 21.5. The minimum Gasteiger partial charge on any atom is -0.258 e. The van der Waals surface area contributed by atoms with Crippen molar-refractivity contribution in [2.45, 2.75) is 12.3 Å². The number of rotatable bonds is 3. The first-order chi connectivity index (χ1) is 10.8. The molecule has 9 heteroatoms. The van der Waals surface area contributed by atoms with Gasteiger partial charge in [-0.25, -0.2) is 0 Å². The number of nitro benzene ring substituents is 2. The van der Waals surface area contributed by atoms with Crippen LogP contribution in [0.4, 0.5) is 11.4 Å². The minimum absolute atomic E-state index is 0.134. The Morgan fingerprint density at radius 2 is 1.39 bits per heavy atom. The van der Waals surface area contributed by atoms with Crippen LogP contribution in [0.25, 0.3) is 0 Å². The van der Waals surface area contributed by atoms with Gasteiger partial charge in [-0.05, 0) is 50.9 Å². The van der Waals surface area contributed by atoms with Gasteiger partial charge < -0.3 is 0 Å². The van der Waals surface area contributed by atoms with Crippen molar-refractivity contribution in [1.82, 2.24) is 0 Å². The van der Waals surface area contributed by atoms with Crippen molar-refractivity contribution in [3.63, 3.8) is 0 Å². The van der Waals surface area contributed by atoms with E-state index in [4.69, 9.17) is 0 Å². The molecule has 0 aliphatic heterocycles. The molecule has 2 aromatic carbocycles. The van der Waals surface area contributed by atoms with E-state index in [1.165, 1.54) is 0 Å². The average molecular weight is 511 g/mol. The van der Waals surface area contributed by atoms with Gasteiger partial charge >= 0.3 is 0 Å². The lowest BCUT2D eigenvalue weighted by Crippen LogP contribution is -1.93. The second-order valence-corrected chi connectivity index (χ2v) is 6.57. The van der Waals surface area contributed by atoms with E-state index < -0.39 is 0 Å². The Kier molecular flexibility index (Phi) is 7.80. The second-order valence-electron chi connectivity index (χ2n) is 4.30. The number of para-hydroxylation sites is 2. The van der Waals surface area contributed by atoms with Gasteiger partial charge in [-0.15, -0.1) is 0 Å². The topological polar surface area (TPSA) is 86.3 Å². The molecule has 0 heterocycles. The summed E-state index contributed by atoms with van der Waals surface area (Å²) in [5.74, 6) is 0. The first-order valence-corrected chi connectivity index (χ1v) is 8.87. The number of benzene rings is 2. The summed E-state index contributed by atoms with van der Waals surface area (Å²) in [6.07, 6.45) is 0. The van der Waals surface area contributed by atoms with Crippen molar-refractivity contribution in [1.29, 1.82) is 0 Å². The highest BCUT2D eigenvalue weighted by Gasteiger charge is 2.16. The Hall–Kier alpha value is -1.32. The molecule has 23 heavy (non-hydrogen) atoms. The Labute approximate surface area is 157 Å². The molecule has 0 radical (unpaired) electrons. The van der Waals surface area contributed by atoms with Crippen LogP contribution in [-0.4, -0.2) is 9.85 Å². The van der Waals surface area contributed by atoms with Gasteiger partial charge in [0.25, 0.3) is 11.4 Å². The van der Waals surface area contributed by atoms with Gasteiger partial charge in [0.2, 0.25) is 0 Å². The molecule has 0 aliphatic rings. The maximum Gasteiger partial charge on any atom is 0.287 e. The SMILES string of the molecule is Cc1cccc(Br)c1[N+](=O)[O-].O=[N+]([O-])c1c(Br)cccc1CBr. The van der Waals surface area contributed by atoms with E-state index >= 15 is 0 Å². The molecule has 0 atom stereocenters. The average Bonchev–Trinajstić information content (AvgIpc) is 2.46. The van der Waals surface area contributed by atoms with E-state index in [9.17, 15) is 20.2 Å². The van der Waals surface area contributed by atoms with Gasteiger partial charge in [0.15, 0.2) is 0 Å². The molecule has 0 spiro atoms. The number of halogens is 3. The van der Waals surface area contributed by atoms with Crippen LogP contribution in [0, 0.1) is 27.2 Å². The van der Waals surface area contributed by atoms with Gasteiger partial charge in [-0.1, -0.05) is 40.2 Å². The lowest BCUT2D eigenvalue weighted by atomic mass is 10.2. The Morgan fingerprint density at radius 3 is 1.74 bits per heavy atom. The quantitative estimate of drug-likeness (QED) is 0.291. The van der Waals surface area contributed by atoms with Crippen LogP contribution >= 0.6 is 47.8 Å². The molecule has 2 aromatic rings. The lowest BCUT2D eigenvalue weighted by molar-refractivity contribution is -0.386. The molecular weight excluding hydrogens is 500 g/mol. The first kappa shape index (κ1) is 19.7. The molecule has 2 rings (SSSR count). The number of aryl methyl sites for hydroxylation is 1. The molecule has 0 N–H and O–H groups in total. The van der Waals surface area contributed by atoms with Crippen molar-refractivity contribution in [3.8, 4) is 0 Å². The van der Waals surface area contributed by atoms with Crippen LogP contribution in [0.1, 0.15) is 11.1 Å². The van der Waals surface area contributed by atoms with E-state index in [0.29, 0.717) is 25.4 Å². The highest BCUT2D eigenvalue weighted by Crippen LogP contribution is 2.29. The first-order valence-electron chi connectivity index (χ1n) is 6.16. The van der Waals surface area contributed by atoms with Gasteiger partial charge in [0.1, 0.15) is 0 Å². The molecule has 0 saturated heterocycles. The maximum absolute atomic E-state index is 10.6. The Balaban J connectivity index is 0.000000231. The third-order valence-corrected chi connectivity index (χ3v) is 4.65. The smallest absolute Gasteiger partial charge is 0.258 e. The molecule has 0 saturated carbocycles. The Morgan fingerprint density at radius 1 is 0.913 bits per heavy atom. The van der Waals surface area contributed by atoms with Crippen molar-refractivity contribution < 1.29 is 9.85 Å². The van der Waals surface area contributed by atoms with Crippen LogP contribution in [0.2, 0.25) is 0 Å². The van der Waals surface area contributed by atoms with Crippen molar-refractivity contribution >= 4 is 59.2 Å². The van der Waals surface area contributed by atoms with Crippen LogP contribution in [0.5, 0.6) is 0 Å². The third kappa shape index (κ3) is 5.36. The molecule has 0 aromatic heterocycles. The zero-order valence-corrected chi connectivity index (χ0v) is 16.6. The second kappa shape index (κ2) is 9.09. The Bertz CT molecular complexity index is 718. The van der Waals surface area contributed by atoms with E-state index in [0.717, 1.165) is 0 Å². The number of nitro groups is 2. The highest BCUT2D eigenvalue weighted by molar-refractivity contribution is 9.11. The van der Waals surface area contributed by atoms with Crippen LogP contribution in [0.3, 0.4) is 0 Å². The van der Waals surface area contributed by atoms with Crippen molar-refractivity contribution in [2.75, 3.05) is 0 Å². The summed E-state index contributed by atoms with van der Waals surface area (Å²) in [7, 11) is 0. The van der Waals surface area contributed by atoms with Crippen molar-refractivity contribution in [3.05, 3.63) is 76.7 Å². The zero-order chi connectivity index (χ0) is 17.6. The van der Waals surface area contributed by atoms with Gasteiger partial charge in [-0.2, -0.15) is 0 Å². The maximum atomic E-state index is 10.6. The summed E-state index contributed by atoms with van der Waals surface area (Å²) in [6, 6.07) is 10.3. The fraction of sp³-hybridized carbons (Fsp3) is 0.143. The summed E-state index contributed by atoms with van der Waals surface area (Å²) < 4.78 is 1.05. The number of nitrogens with zero attached hydrogens (tertiary/aromatic N) is 2. The monoisotopic (exact) mass is 508 g/mol. The predicted octanol–water partition coefficient (Wildman–Crippen LogP) is 5.92. The van der Waals surface area contributed by atoms with E-state index in [1.807, 2.05) is 0 Å². The largest absolute Gasteiger partial charge is 0.287 e. The summed E-state index contributed by atoms with van der Waals surface area (Å²) >= 11 is 9.42. The van der Waals surface area contributed by atoms with E-state index in [1.54, 1.807) is 43.3 Å². The molecule has 6 nitrogen and oxygen atoms in total. The van der Waals surface area contributed by atoms with Gasteiger partial charge in [0, 0.05) is 16.5 Å². The predicted molar refractivity (Wildman–Crippen MR) is 99.0 cm³/mol. The molecule has 0 unspecified atom stereocenters. The van der Waals surface area contributed by atoms with Crippen LogP contribution in [-0.2, 0) is 5.33 Å². The molecule has 0 bridgehead atoms. The third-order valence-electron chi connectivity index (χ3n) is 2.77. The summed E-state index contributed by atoms with van der Waals surface area (Å²) in [5.41, 5.74) is 1.63. The van der Waals surface area contributed by atoms with Gasteiger partial charge in [0.05, 0.1) is 18.8 Å². The summed E-state index contributed by atoms with van der Waals surface area (Å²) in [4.78, 5) is 20.2. The fourth-order valence-electron chi connectivity index (χ4n) is 1.73.